The number of ether oxygens (including phenoxy) is 2. The zero-order valence-corrected chi connectivity index (χ0v) is 28.1. The van der Waals surface area contributed by atoms with Gasteiger partial charge in [-0.2, -0.15) is 0 Å². The Kier molecular flexibility index (Phi) is 11.8. The van der Waals surface area contributed by atoms with Crippen LogP contribution in [0.4, 0.5) is 5.69 Å². The molecule has 0 spiro atoms. The van der Waals surface area contributed by atoms with Crippen LogP contribution in [0, 0.1) is 0 Å². The van der Waals surface area contributed by atoms with Gasteiger partial charge >= 0.3 is 11.9 Å². The molecule has 14 heteroatoms. The first-order chi connectivity index (χ1) is 22.7. The number of anilines is 1. The summed E-state index contributed by atoms with van der Waals surface area (Å²) in [5, 5.41) is 5.92. The summed E-state index contributed by atoms with van der Waals surface area (Å²) in [7, 11) is 2.95. The van der Waals surface area contributed by atoms with Crippen molar-refractivity contribution in [3.63, 3.8) is 0 Å². The van der Waals surface area contributed by atoms with Crippen LogP contribution in [0.3, 0.4) is 0 Å². The van der Waals surface area contributed by atoms with Crippen molar-refractivity contribution >= 4 is 46.4 Å². The molecule has 5 N–H and O–H groups in total. The number of amides is 3. The summed E-state index contributed by atoms with van der Waals surface area (Å²) in [5.74, 6) is -1.27. The predicted molar refractivity (Wildman–Crippen MR) is 178 cm³/mol. The average Bonchev–Trinajstić information content (AvgIpc) is 3.40. The molecular weight excluding hydrogens is 618 g/mol. The summed E-state index contributed by atoms with van der Waals surface area (Å²) in [6.07, 6.45) is 0.366. The summed E-state index contributed by atoms with van der Waals surface area (Å²) in [4.78, 5) is 74.6. The van der Waals surface area contributed by atoms with Crippen molar-refractivity contribution < 1.29 is 33.4 Å². The Bertz CT molecular complexity index is 1610. The van der Waals surface area contributed by atoms with Gasteiger partial charge < -0.3 is 40.6 Å². The molecule has 258 valence electrons. The second-order valence-electron chi connectivity index (χ2n) is 12.8. The number of hydrogen-bond donors (Lipinski definition) is 4. The summed E-state index contributed by atoms with van der Waals surface area (Å²) in [5.41, 5.74) is 8.81. The van der Waals surface area contributed by atoms with Crippen molar-refractivity contribution in [3.8, 4) is 0 Å². The molecule has 0 fully saturated rings. The number of para-hydroxylation sites is 2. The molecule has 0 saturated heterocycles. The SMILES string of the molecule is COC(=O)C[C@H]1Nc2ccc(C(=O)N(C)Cc3nc4ccccc4[nH]3)cc2CN(CCCNC(=O)[C@@H](N)CCC(=O)OC(C)(C)C)C1=O. The third-order valence-electron chi connectivity index (χ3n) is 7.74. The molecule has 1 aliphatic heterocycles. The molecule has 3 aromatic rings. The number of rotatable bonds is 13. The largest absolute Gasteiger partial charge is 0.469 e. The quantitative estimate of drug-likeness (QED) is 0.156. The van der Waals surface area contributed by atoms with Gasteiger partial charge in [-0.3, -0.25) is 24.0 Å². The Labute approximate surface area is 279 Å². The molecule has 0 unspecified atom stereocenters. The normalized spacial score (nSPS) is 15.2. The zero-order chi connectivity index (χ0) is 35.0. The van der Waals surface area contributed by atoms with Crippen molar-refractivity contribution in [1.29, 1.82) is 0 Å². The van der Waals surface area contributed by atoms with Crippen LogP contribution in [0.1, 0.15) is 68.2 Å². The number of nitrogens with one attached hydrogen (secondary N) is 3. The van der Waals surface area contributed by atoms with Crippen LogP contribution in [-0.2, 0) is 41.7 Å². The highest BCUT2D eigenvalue weighted by molar-refractivity contribution is 5.96. The van der Waals surface area contributed by atoms with E-state index in [0.717, 1.165) is 11.0 Å². The Balaban J connectivity index is 1.39. The molecule has 4 rings (SSSR count). The molecule has 2 atom stereocenters. The number of carbonyl (C=O) groups is 5. The number of H-pyrrole nitrogens is 1. The van der Waals surface area contributed by atoms with Gasteiger partial charge in [0.25, 0.3) is 5.91 Å². The van der Waals surface area contributed by atoms with Crippen molar-refractivity contribution in [2.75, 3.05) is 32.6 Å². The van der Waals surface area contributed by atoms with E-state index < -0.39 is 35.5 Å². The molecular formula is C34H45N7O7. The minimum absolute atomic E-state index is 0.0162. The third kappa shape index (κ3) is 9.77. The number of aromatic amines is 1. The van der Waals surface area contributed by atoms with Crippen molar-refractivity contribution in [3.05, 3.63) is 59.4 Å². The number of esters is 2. The van der Waals surface area contributed by atoms with Crippen LogP contribution in [0.2, 0.25) is 0 Å². The van der Waals surface area contributed by atoms with E-state index in [1.807, 2.05) is 24.3 Å². The fourth-order valence-electron chi connectivity index (χ4n) is 5.34. The summed E-state index contributed by atoms with van der Waals surface area (Å²) < 4.78 is 10.1. The van der Waals surface area contributed by atoms with Gasteiger partial charge in [-0.1, -0.05) is 12.1 Å². The highest BCUT2D eigenvalue weighted by Gasteiger charge is 2.32. The molecule has 48 heavy (non-hydrogen) atoms. The van der Waals surface area contributed by atoms with Crippen LogP contribution in [-0.4, -0.2) is 94.4 Å². The topological polar surface area (TPSA) is 189 Å². The summed E-state index contributed by atoms with van der Waals surface area (Å²) in [6, 6.07) is 11.0. The highest BCUT2D eigenvalue weighted by atomic mass is 16.6. The number of nitrogens with zero attached hydrogens (tertiary/aromatic N) is 3. The van der Waals surface area contributed by atoms with Crippen molar-refractivity contribution in [2.24, 2.45) is 5.73 Å². The lowest BCUT2D eigenvalue weighted by atomic mass is 10.1. The van der Waals surface area contributed by atoms with Gasteiger partial charge in [-0.05, 0) is 69.5 Å². The maximum atomic E-state index is 13.6. The molecule has 1 aliphatic rings. The molecule has 3 amide bonds. The van der Waals surface area contributed by atoms with Crippen LogP contribution in [0.15, 0.2) is 42.5 Å². The number of aromatic nitrogens is 2. The van der Waals surface area contributed by atoms with E-state index in [4.69, 9.17) is 15.2 Å². The highest BCUT2D eigenvalue weighted by Crippen LogP contribution is 2.26. The minimum Gasteiger partial charge on any atom is -0.469 e. The Morgan fingerprint density at radius 1 is 1.15 bits per heavy atom. The standard InChI is InChI=1S/C34H45N7O7/c1-34(2,3)48-29(42)14-12-23(35)31(44)36-15-8-16-41-19-22-17-21(11-13-24(22)37-27(33(41)46)18-30(43)47-5)32(45)40(4)20-28-38-25-9-6-7-10-26(25)39-28/h6-7,9-11,13,17,23,27,37H,8,12,14-16,18-20,35H2,1-5H3,(H,36,44)(H,38,39)/t23-,27+/m0/s1. The molecule has 2 aromatic carbocycles. The van der Waals surface area contributed by atoms with Crippen LogP contribution < -0.4 is 16.4 Å². The van der Waals surface area contributed by atoms with E-state index in [-0.39, 0.29) is 57.3 Å². The number of fused-ring (bicyclic) bond motifs is 2. The molecule has 0 bridgehead atoms. The minimum atomic E-state index is -0.890. The van der Waals surface area contributed by atoms with Gasteiger partial charge in [-0.15, -0.1) is 0 Å². The van der Waals surface area contributed by atoms with E-state index >= 15 is 0 Å². The van der Waals surface area contributed by atoms with E-state index in [1.54, 1.807) is 55.8 Å². The van der Waals surface area contributed by atoms with Gasteiger partial charge in [0.1, 0.15) is 17.5 Å². The predicted octanol–water partition coefficient (Wildman–Crippen LogP) is 2.48. The van der Waals surface area contributed by atoms with E-state index in [9.17, 15) is 24.0 Å². The molecule has 1 aromatic heterocycles. The smallest absolute Gasteiger partial charge is 0.308 e. The summed E-state index contributed by atoms with van der Waals surface area (Å²) in [6.45, 7) is 6.23. The van der Waals surface area contributed by atoms with Gasteiger partial charge in [0.05, 0.1) is 37.2 Å². The Morgan fingerprint density at radius 2 is 1.90 bits per heavy atom. The van der Waals surface area contributed by atoms with Gasteiger partial charge in [-0.25, -0.2) is 4.98 Å². The van der Waals surface area contributed by atoms with E-state index in [1.165, 1.54) is 7.11 Å². The lowest BCUT2D eigenvalue weighted by Gasteiger charge is -2.24. The fraction of sp³-hybridized carbons (Fsp3) is 0.471. The first-order valence-corrected chi connectivity index (χ1v) is 15.9. The van der Waals surface area contributed by atoms with Crippen LogP contribution in [0.5, 0.6) is 0 Å². The first kappa shape index (κ1) is 35.9. The number of imidazole rings is 1. The second kappa shape index (κ2) is 15.7. The lowest BCUT2D eigenvalue weighted by molar-refractivity contribution is -0.155. The van der Waals surface area contributed by atoms with Crippen LogP contribution >= 0.6 is 0 Å². The molecule has 0 aliphatic carbocycles. The summed E-state index contributed by atoms with van der Waals surface area (Å²) >= 11 is 0. The third-order valence-corrected chi connectivity index (χ3v) is 7.74. The maximum absolute atomic E-state index is 13.6. The van der Waals surface area contributed by atoms with Crippen LogP contribution in [0.25, 0.3) is 11.0 Å². The first-order valence-electron chi connectivity index (χ1n) is 15.9. The fourth-order valence-corrected chi connectivity index (χ4v) is 5.34. The average molecular weight is 664 g/mol. The number of nitrogens with two attached hydrogens (primary N) is 1. The van der Waals surface area contributed by atoms with Gasteiger partial charge in [0.15, 0.2) is 0 Å². The maximum Gasteiger partial charge on any atom is 0.308 e. The Hall–Kier alpha value is -4.98. The number of methoxy groups -OCH3 is 1. The zero-order valence-electron chi connectivity index (χ0n) is 28.1. The van der Waals surface area contributed by atoms with E-state index in [2.05, 4.69) is 20.6 Å². The number of hydrogen-bond acceptors (Lipinski definition) is 10. The van der Waals surface area contributed by atoms with Crippen molar-refractivity contribution in [2.45, 2.75) is 77.2 Å². The van der Waals surface area contributed by atoms with Gasteiger partial charge in [0, 0.05) is 44.4 Å². The van der Waals surface area contributed by atoms with Crippen molar-refractivity contribution in [1.82, 2.24) is 25.1 Å². The second-order valence-corrected chi connectivity index (χ2v) is 12.8. The molecule has 2 heterocycles. The molecule has 0 radical (unpaired) electrons. The number of benzene rings is 2. The molecule has 14 nitrogen and oxygen atoms in total. The van der Waals surface area contributed by atoms with E-state index in [0.29, 0.717) is 29.1 Å². The lowest BCUT2D eigenvalue weighted by Crippen LogP contribution is -2.44. The molecule has 0 saturated carbocycles. The van der Waals surface area contributed by atoms with Gasteiger partial charge in [0.2, 0.25) is 11.8 Å². The Morgan fingerprint density at radius 3 is 2.60 bits per heavy atom. The monoisotopic (exact) mass is 663 g/mol. The number of carbonyl (C=O) groups excluding carboxylic acids is 5.